The summed E-state index contributed by atoms with van der Waals surface area (Å²) in [6.45, 7) is 3.92. The first-order valence-electron chi connectivity index (χ1n) is 4.77. The molecule has 0 aromatic carbocycles. The maximum Gasteiger partial charge on any atom is 0.224 e. The number of oxime groups is 2. The average Bonchev–Trinajstić information content (AvgIpc) is 2.26. The minimum atomic E-state index is -0.347. The molecule has 0 saturated heterocycles. The Morgan fingerprint density at radius 2 is 2.33 bits per heavy atom. The second kappa shape index (κ2) is 7.62. The summed E-state index contributed by atoms with van der Waals surface area (Å²) in [5, 5.41) is 23.1. The molecule has 0 aliphatic carbocycles. The number of rotatable bonds is 6. The molecule has 0 aromatic heterocycles. The topological polar surface area (TPSA) is 104 Å². The van der Waals surface area contributed by atoms with Gasteiger partial charge in [-0.25, -0.2) is 0 Å². The summed E-state index contributed by atoms with van der Waals surface area (Å²) in [5.74, 6) is -0.347. The number of hydrogen-bond acceptors (Lipinski definition) is 5. The van der Waals surface area contributed by atoms with E-state index in [1.165, 1.54) is 0 Å². The zero-order valence-corrected chi connectivity index (χ0v) is 8.97. The van der Waals surface area contributed by atoms with Crippen LogP contribution in [0.2, 0.25) is 0 Å². The quantitative estimate of drug-likeness (QED) is 0.299. The summed E-state index contributed by atoms with van der Waals surface area (Å²) in [7, 11) is 0. The number of nitrogens with two attached hydrogens (primary N) is 1. The molecule has 84 valence electrons. The lowest BCUT2D eigenvalue weighted by Crippen LogP contribution is -2.23. The first-order chi connectivity index (χ1) is 7.15. The lowest BCUT2D eigenvalue weighted by atomic mass is 10.2. The minimum Gasteiger partial charge on any atom is -0.409 e. The van der Waals surface area contributed by atoms with Gasteiger partial charge in [0.05, 0.1) is 0 Å². The molecule has 15 heavy (non-hydrogen) atoms. The molecular weight excluding hydrogens is 196 g/mol. The highest BCUT2D eigenvalue weighted by atomic mass is 16.6. The van der Waals surface area contributed by atoms with Gasteiger partial charge in [-0.3, -0.25) is 0 Å². The van der Waals surface area contributed by atoms with E-state index in [0.717, 1.165) is 19.3 Å². The van der Waals surface area contributed by atoms with Crippen molar-refractivity contribution in [2.45, 2.75) is 39.2 Å². The third-order valence-corrected chi connectivity index (χ3v) is 1.74. The first-order valence-corrected chi connectivity index (χ1v) is 4.77. The zero-order chi connectivity index (χ0) is 11.7. The van der Waals surface area contributed by atoms with Gasteiger partial charge in [0.25, 0.3) is 0 Å². The molecule has 0 rings (SSSR count). The maximum atomic E-state index is 8.58. The van der Waals surface area contributed by atoms with E-state index in [9.17, 15) is 0 Å². The average molecular weight is 212 g/mol. The molecule has 0 spiro atoms. The molecule has 0 heterocycles. The lowest BCUT2D eigenvalue weighted by molar-refractivity contribution is 0.0655. The molecule has 0 aliphatic heterocycles. The van der Waals surface area contributed by atoms with Crippen molar-refractivity contribution in [1.82, 2.24) is 0 Å². The summed E-state index contributed by atoms with van der Waals surface area (Å²) < 4.78 is 0. The SMILES string of the molecule is CCCCC(C)O/N=C(C#N)\C(N)=N/O. The lowest BCUT2D eigenvalue weighted by Gasteiger charge is -2.08. The predicted molar refractivity (Wildman–Crippen MR) is 56.5 cm³/mol. The minimum absolute atomic E-state index is 0.0835. The van der Waals surface area contributed by atoms with Gasteiger partial charge in [-0.2, -0.15) is 5.26 Å². The Hall–Kier alpha value is -1.77. The van der Waals surface area contributed by atoms with E-state index in [1.54, 1.807) is 6.07 Å². The van der Waals surface area contributed by atoms with Gasteiger partial charge in [0.1, 0.15) is 12.2 Å². The van der Waals surface area contributed by atoms with E-state index in [1.807, 2.05) is 6.92 Å². The molecule has 3 N–H and O–H groups in total. The molecule has 1 atom stereocenters. The first kappa shape index (κ1) is 13.2. The van der Waals surface area contributed by atoms with E-state index in [-0.39, 0.29) is 17.7 Å². The summed E-state index contributed by atoms with van der Waals surface area (Å²) in [6, 6.07) is 1.67. The molecule has 6 nitrogen and oxygen atoms in total. The van der Waals surface area contributed by atoms with Gasteiger partial charge < -0.3 is 15.8 Å². The van der Waals surface area contributed by atoms with Gasteiger partial charge >= 0.3 is 0 Å². The van der Waals surface area contributed by atoms with E-state index in [2.05, 4.69) is 17.2 Å². The van der Waals surface area contributed by atoms with Crippen LogP contribution < -0.4 is 5.73 Å². The molecular formula is C9H16N4O2. The highest BCUT2D eigenvalue weighted by Crippen LogP contribution is 2.04. The van der Waals surface area contributed by atoms with Crippen molar-refractivity contribution >= 4 is 11.5 Å². The van der Waals surface area contributed by atoms with Crippen molar-refractivity contribution in [1.29, 1.82) is 5.26 Å². The van der Waals surface area contributed by atoms with Crippen LogP contribution in [-0.4, -0.2) is 22.9 Å². The highest BCUT2D eigenvalue weighted by molar-refractivity contribution is 6.46. The van der Waals surface area contributed by atoms with Crippen molar-refractivity contribution < 1.29 is 10.0 Å². The van der Waals surface area contributed by atoms with Crippen LogP contribution in [0.3, 0.4) is 0 Å². The van der Waals surface area contributed by atoms with Crippen LogP contribution in [0.15, 0.2) is 10.3 Å². The van der Waals surface area contributed by atoms with E-state index in [0.29, 0.717) is 0 Å². The van der Waals surface area contributed by atoms with E-state index in [4.69, 9.17) is 21.0 Å². The Morgan fingerprint density at radius 1 is 1.67 bits per heavy atom. The van der Waals surface area contributed by atoms with Crippen LogP contribution in [0.1, 0.15) is 33.1 Å². The van der Waals surface area contributed by atoms with Gasteiger partial charge in [-0.15, -0.1) is 0 Å². The van der Waals surface area contributed by atoms with Crippen molar-refractivity contribution in [2.75, 3.05) is 0 Å². The van der Waals surface area contributed by atoms with Gasteiger partial charge in [0.2, 0.25) is 11.5 Å². The summed E-state index contributed by atoms with van der Waals surface area (Å²) in [6.07, 6.45) is 2.87. The number of amidine groups is 1. The molecule has 0 aromatic rings. The van der Waals surface area contributed by atoms with Crippen LogP contribution in [0, 0.1) is 11.3 Å². The molecule has 0 amide bonds. The Kier molecular flexibility index (Phi) is 6.72. The smallest absolute Gasteiger partial charge is 0.224 e. The summed E-state index contributed by atoms with van der Waals surface area (Å²) >= 11 is 0. The predicted octanol–water partition coefficient (Wildman–Crippen LogP) is 1.21. The Labute approximate surface area is 89.0 Å². The number of unbranched alkanes of at least 4 members (excludes halogenated alkanes) is 1. The molecule has 0 fully saturated rings. The fraction of sp³-hybridized carbons (Fsp3) is 0.667. The zero-order valence-electron chi connectivity index (χ0n) is 8.97. The monoisotopic (exact) mass is 212 g/mol. The fourth-order valence-electron chi connectivity index (χ4n) is 0.859. The standard InChI is InChI=1S/C9H16N4O2/c1-3-4-5-7(2)15-13-8(6-10)9(11)12-14/h7,14H,3-5H2,1-2H3,(H2,11,12)/b13-8-. The molecule has 1 unspecified atom stereocenters. The van der Waals surface area contributed by atoms with Crippen molar-refractivity contribution in [3.05, 3.63) is 0 Å². The Balaban J connectivity index is 4.18. The van der Waals surface area contributed by atoms with E-state index < -0.39 is 0 Å². The second-order valence-corrected chi connectivity index (χ2v) is 3.10. The van der Waals surface area contributed by atoms with Crippen molar-refractivity contribution in [3.8, 4) is 6.07 Å². The van der Waals surface area contributed by atoms with Crippen molar-refractivity contribution in [2.24, 2.45) is 16.0 Å². The number of nitrogens with zero attached hydrogens (tertiary/aromatic N) is 3. The van der Waals surface area contributed by atoms with Gasteiger partial charge in [-0.05, 0) is 19.8 Å². The second-order valence-electron chi connectivity index (χ2n) is 3.10. The Morgan fingerprint density at radius 3 is 2.80 bits per heavy atom. The van der Waals surface area contributed by atoms with Crippen LogP contribution in [-0.2, 0) is 4.84 Å². The molecule has 0 aliphatic rings. The van der Waals surface area contributed by atoms with Crippen LogP contribution in [0.4, 0.5) is 0 Å². The van der Waals surface area contributed by atoms with Gasteiger partial charge in [-0.1, -0.05) is 23.7 Å². The largest absolute Gasteiger partial charge is 0.409 e. The maximum absolute atomic E-state index is 8.58. The van der Waals surface area contributed by atoms with E-state index >= 15 is 0 Å². The van der Waals surface area contributed by atoms with Crippen LogP contribution in [0.25, 0.3) is 0 Å². The van der Waals surface area contributed by atoms with Gasteiger partial charge in [0, 0.05) is 0 Å². The molecule has 0 radical (unpaired) electrons. The fourth-order valence-corrected chi connectivity index (χ4v) is 0.859. The molecule has 0 saturated carbocycles. The van der Waals surface area contributed by atoms with Crippen molar-refractivity contribution in [3.63, 3.8) is 0 Å². The van der Waals surface area contributed by atoms with Gasteiger partial charge in [0.15, 0.2) is 0 Å². The Bertz CT molecular complexity index is 280. The summed E-state index contributed by atoms with van der Waals surface area (Å²) in [4.78, 5) is 5.01. The van der Waals surface area contributed by atoms with Crippen LogP contribution >= 0.6 is 0 Å². The normalized spacial score (nSPS) is 14.5. The third-order valence-electron chi connectivity index (χ3n) is 1.74. The summed E-state index contributed by atoms with van der Waals surface area (Å²) in [5.41, 5.74) is 4.96. The van der Waals surface area contributed by atoms with Crippen LogP contribution in [0.5, 0.6) is 0 Å². The third kappa shape index (κ3) is 5.52. The molecule has 0 bridgehead atoms. The number of hydrogen-bond donors (Lipinski definition) is 2. The molecule has 6 heteroatoms. The number of nitriles is 1. The highest BCUT2D eigenvalue weighted by Gasteiger charge is 2.07.